The second-order valence-corrected chi connectivity index (χ2v) is 6.84. The van der Waals surface area contributed by atoms with Crippen LogP contribution in [-0.4, -0.2) is 30.6 Å². The number of halogens is 2. The van der Waals surface area contributed by atoms with E-state index in [9.17, 15) is 0 Å². The zero-order valence-electron chi connectivity index (χ0n) is 10.2. The Morgan fingerprint density at radius 2 is 2.24 bits per heavy atom. The van der Waals surface area contributed by atoms with Gasteiger partial charge in [0.05, 0.1) is 0 Å². The fourth-order valence-electron chi connectivity index (χ4n) is 2.24. The third-order valence-corrected chi connectivity index (χ3v) is 5.84. The minimum Gasteiger partial charge on any atom is -0.382 e. The van der Waals surface area contributed by atoms with Crippen LogP contribution in [0.2, 0.25) is 0 Å². The van der Waals surface area contributed by atoms with Crippen LogP contribution in [0.1, 0.15) is 19.8 Å². The number of anilines is 1. The Morgan fingerprint density at radius 3 is 2.88 bits per heavy atom. The van der Waals surface area contributed by atoms with E-state index in [1.165, 1.54) is 33.1 Å². The van der Waals surface area contributed by atoms with Crippen molar-refractivity contribution >= 4 is 44.2 Å². The maximum absolute atomic E-state index is 3.64. The third-order valence-electron chi connectivity index (χ3n) is 3.50. The molecule has 1 N–H and O–H groups in total. The summed E-state index contributed by atoms with van der Waals surface area (Å²) < 4.78 is 2.42. The fraction of sp³-hybridized carbons (Fsp3) is 0.538. The van der Waals surface area contributed by atoms with Crippen LogP contribution in [0.25, 0.3) is 0 Å². The molecule has 2 rings (SSSR count). The molecule has 0 bridgehead atoms. The van der Waals surface area contributed by atoms with Crippen LogP contribution < -0.4 is 5.32 Å². The molecule has 0 aromatic heterocycles. The van der Waals surface area contributed by atoms with Gasteiger partial charge in [0.1, 0.15) is 0 Å². The SMILES string of the molecule is CC1CC(Nc2ccc(I)c(Br)c2)CCN1C. The van der Waals surface area contributed by atoms with Crippen molar-refractivity contribution in [1.82, 2.24) is 4.90 Å². The molecule has 4 heteroatoms. The molecule has 1 aromatic rings. The van der Waals surface area contributed by atoms with Crippen molar-refractivity contribution in [3.05, 3.63) is 26.2 Å². The standard InChI is InChI=1S/C13H18BrIN2/c1-9-7-11(5-6-17(9)2)16-10-3-4-13(15)12(14)8-10/h3-4,8-9,11,16H,5-7H2,1-2H3. The van der Waals surface area contributed by atoms with Gasteiger partial charge in [0, 0.05) is 32.4 Å². The molecular weight excluding hydrogens is 391 g/mol. The largest absolute Gasteiger partial charge is 0.382 e. The van der Waals surface area contributed by atoms with E-state index in [-0.39, 0.29) is 0 Å². The highest BCUT2D eigenvalue weighted by Gasteiger charge is 2.22. The average molecular weight is 409 g/mol. The molecule has 1 aliphatic heterocycles. The summed E-state index contributed by atoms with van der Waals surface area (Å²) in [7, 11) is 2.21. The lowest BCUT2D eigenvalue weighted by Gasteiger charge is -2.35. The van der Waals surface area contributed by atoms with Crippen LogP contribution in [-0.2, 0) is 0 Å². The van der Waals surface area contributed by atoms with Crippen molar-refractivity contribution in [3.8, 4) is 0 Å². The van der Waals surface area contributed by atoms with Crippen LogP contribution in [0.3, 0.4) is 0 Å². The minimum absolute atomic E-state index is 0.605. The van der Waals surface area contributed by atoms with E-state index in [1.54, 1.807) is 0 Å². The summed E-state index contributed by atoms with van der Waals surface area (Å²) in [5.41, 5.74) is 1.22. The Labute approximate surface area is 125 Å². The molecule has 1 saturated heterocycles. The van der Waals surface area contributed by atoms with E-state index >= 15 is 0 Å². The third kappa shape index (κ3) is 3.58. The van der Waals surface area contributed by atoms with Crippen LogP contribution in [0.4, 0.5) is 5.69 Å². The Morgan fingerprint density at radius 1 is 1.47 bits per heavy atom. The van der Waals surface area contributed by atoms with Gasteiger partial charge in [-0.15, -0.1) is 0 Å². The summed E-state index contributed by atoms with van der Waals surface area (Å²) in [6.45, 7) is 3.49. The van der Waals surface area contributed by atoms with Gasteiger partial charge in [-0.1, -0.05) is 0 Å². The van der Waals surface area contributed by atoms with Gasteiger partial charge in [0.25, 0.3) is 0 Å². The molecule has 94 valence electrons. The number of benzene rings is 1. The summed E-state index contributed by atoms with van der Waals surface area (Å²) >= 11 is 5.91. The van der Waals surface area contributed by atoms with Gasteiger partial charge < -0.3 is 10.2 Å². The van der Waals surface area contributed by atoms with Crippen molar-refractivity contribution < 1.29 is 0 Å². The molecule has 17 heavy (non-hydrogen) atoms. The van der Waals surface area contributed by atoms with E-state index in [0.717, 1.165) is 0 Å². The van der Waals surface area contributed by atoms with Gasteiger partial charge >= 0.3 is 0 Å². The maximum Gasteiger partial charge on any atom is 0.0354 e. The molecule has 2 unspecified atom stereocenters. The molecule has 0 saturated carbocycles. The number of rotatable bonds is 2. The van der Waals surface area contributed by atoms with Gasteiger partial charge in [0.2, 0.25) is 0 Å². The average Bonchev–Trinajstić information content (AvgIpc) is 2.29. The lowest BCUT2D eigenvalue weighted by Crippen LogP contribution is -2.42. The topological polar surface area (TPSA) is 15.3 Å². The Bertz CT molecular complexity index is 397. The zero-order valence-corrected chi connectivity index (χ0v) is 14.0. The number of nitrogens with one attached hydrogen (secondary N) is 1. The highest BCUT2D eigenvalue weighted by molar-refractivity contribution is 14.1. The van der Waals surface area contributed by atoms with Gasteiger partial charge in [-0.05, 0) is 83.5 Å². The summed E-state index contributed by atoms with van der Waals surface area (Å²) in [5.74, 6) is 0. The highest BCUT2D eigenvalue weighted by Crippen LogP contribution is 2.25. The normalized spacial score (nSPS) is 25.9. The Hall–Kier alpha value is 0.190. The molecule has 1 fully saturated rings. The number of likely N-dealkylation sites (tertiary alicyclic amines) is 1. The van der Waals surface area contributed by atoms with Crippen LogP contribution in [0.5, 0.6) is 0 Å². The molecular formula is C13H18BrIN2. The summed E-state index contributed by atoms with van der Waals surface area (Å²) in [5, 5.41) is 3.64. The lowest BCUT2D eigenvalue weighted by atomic mass is 9.99. The lowest BCUT2D eigenvalue weighted by molar-refractivity contribution is 0.190. The summed E-state index contributed by atoms with van der Waals surface area (Å²) in [4.78, 5) is 2.43. The predicted molar refractivity (Wildman–Crippen MR) is 85.6 cm³/mol. The molecule has 1 heterocycles. The van der Waals surface area contributed by atoms with E-state index < -0.39 is 0 Å². The van der Waals surface area contributed by atoms with E-state index in [2.05, 4.69) is 80.9 Å². The first-order valence-corrected chi connectivity index (χ1v) is 7.85. The first-order valence-electron chi connectivity index (χ1n) is 5.98. The van der Waals surface area contributed by atoms with Crippen LogP contribution in [0, 0.1) is 3.57 Å². The first kappa shape index (κ1) is 13.6. The summed E-state index contributed by atoms with van der Waals surface area (Å²) in [6.07, 6.45) is 2.45. The Balaban J connectivity index is 1.99. The minimum atomic E-state index is 0.605. The first-order chi connectivity index (χ1) is 8.06. The molecule has 0 radical (unpaired) electrons. The van der Waals surface area contributed by atoms with Crippen LogP contribution >= 0.6 is 38.5 Å². The highest BCUT2D eigenvalue weighted by atomic mass is 127. The van der Waals surface area contributed by atoms with E-state index in [1.807, 2.05) is 0 Å². The summed E-state index contributed by atoms with van der Waals surface area (Å²) in [6, 6.07) is 7.76. The van der Waals surface area contributed by atoms with Crippen molar-refractivity contribution in [2.75, 3.05) is 18.9 Å². The number of hydrogen-bond acceptors (Lipinski definition) is 2. The maximum atomic E-state index is 3.64. The van der Waals surface area contributed by atoms with E-state index in [0.29, 0.717) is 12.1 Å². The van der Waals surface area contributed by atoms with Gasteiger partial charge in [-0.3, -0.25) is 0 Å². The zero-order chi connectivity index (χ0) is 12.4. The molecule has 2 nitrogen and oxygen atoms in total. The molecule has 0 aliphatic carbocycles. The number of hydrogen-bond donors (Lipinski definition) is 1. The van der Waals surface area contributed by atoms with Crippen molar-refractivity contribution in [3.63, 3.8) is 0 Å². The Kier molecular flexibility index (Phi) is 4.72. The quantitative estimate of drug-likeness (QED) is 0.745. The second kappa shape index (κ2) is 5.89. The van der Waals surface area contributed by atoms with Crippen molar-refractivity contribution in [2.45, 2.75) is 31.8 Å². The van der Waals surface area contributed by atoms with Gasteiger partial charge in [-0.25, -0.2) is 0 Å². The molecule has 2 atom stereocenters. The molecule has 0 spiro atoms. The molecule has 1 aromatic carbocycles. The second-order valence-electron chi connectivity index (χ2n) is 4.82. The predicted octanol–water partition coefficient (Wildman–Crippen LogP) is 3.95. The van der Waals surface area contributed by atoms with Crippen molar-refractivity contribution in [1.29, 1.82) is 0 Å². The van der Waals surface area contributed by atoms with Gasteiger partial charge in [0.15, 0.2) is 0 Å². The molecule has 1 aliphatic rings. The van der Waals surface area contributed by atoms with Crippen molar-refractivity contribution in [2.24, 2.45) is 0 Å². The monoisotopic (exact) mass is 408 g/mol. The van der Waals surface area contributed by atoms with E-state index in [4.69, 9.17) is 0 Å². The smallest absolute Gasteiger partial charge is 0.0354 e. The fourth-order valence-corrected chi connectivity index (χ4v) is 2.96. The van der Waals surface area contributed by atoms with Crippen LogP contribution in [0.15, 0.2) is 22.7 Å². The van der Waals surface area contributed by atoms with Gasteiger partial charge in [-0.2, -0.15) is 0 Å². The number of piperidine rings is 1. The number of nitrogens with zero attached hydrogens (tertiary/aromatic N) is 1. The molecule has 0 amide bonds.